The number of halogens is 3. The average molecular weight is 312 g/mol. The zero-order chi connectivity index (χ0) is 13.1. The van der Waals surface area contributed by atoms with Crippen LogP contribution in [0.15, 0.2) is 46.9 Å². The highest BCUT2D eigenvalue weighted by molar-refractivity contribution is 9.10. The maximum atomic E-state index is 13.8. The van der Waals surface area contributed by atoms with Gasteiger partial charge in [0.15, 0.2) is 0 Å². The fourth-order valence-corrected chi connectivity index (χ4v) is 2.37. The van der Waals surface area contributed by atoms with Gasteiger partial charge in [-0.25, -0.2) is 8.78 Å². The monoisotopic (exact) mass is 311 g/mol. The SMILES string of the molecule is CNC(c1cccc(Br)c1)c1c(F)cccc1F. The van der Waals surface area contributed by atoms with Crippen molar-refractivity contribution in [2.45, 2.75) is 6.04 Å². The smallest absolute Gasteiger partial charge is 0.131 e. The highest BCUT2D eigenvalue weighted by Crippen LogP contribution is 2.28. The molecule has 0 aliphatic rings. The zero-order valence-corrected chi connectivity index (χ0v) is 11.3. The summed E-state index contributed by atoms with van der Waals surface area (Å²) < 4.78 is 28.4. The van der Waals surface area contributed by atoms with Crippen molar-refractivity contribution >= 4 is 15.9 Å². The predicted octanol–water partition coefficient (Wildman–Crippen LogP) is 4.04. The standard InChI is InChI=1S/C14H12BrF2N/c1-18-14(9-4-2-5-10(15)8-9)13-11(16)6-3-7-12(13)17/h2-8,14,18H,1H3. The van der Waals surface area contributed by atoms with E-state index in [9.17, 15) is 8.78 Å². The summed E-state index contributed by atoms with van der Waals surface area (Å²) in [6.07, 6.45) is 0. The Balaban J connectivity index is 2.52. The van der Waals surface area contributed by atoms with Gasteiger partial charge in [-0.15, -0.1) is 0 Å². The first-order valence-corrected chi connectivity index (χ1v) is 6.29. The van der Waals surface area contributed by atoms with Crippen molar-refractivity contribution < 1.29 is 8.78 Å². The first-order chi connectivity index (χ1) is 8.63. The summed E-state index contributed by atoms with van der Waals surface area (Å²) >= 11 is 3.35. The molecule has 1 nitrogen and oxygen atoms in total. The molecule has 2 aromatic carbocycles. The van der Waals surface area contributed by atoms with Crippen molar-refractivity contribution in [1.29, 1.82) is 0 Å². The second kappa shape index (κ2) is 5.59. The third kappa shape index (κ3) is 2.60. The number of rotatable bonds is 3. The Labute approximate surface area is 113 Å². The van der Waals surface area contributed by atoms with Gasteiger partial charge in [-0.2, -0.15) is 0 Å². The van der Waals surface area contributed by atoms with Gasteiger partial charge in [0, 0.05) is 10.0 Å². The van der Waals surface area contributed by atoms with Crippen LogP contribution < -0.4 is 5.32 Å². The fourth-order valence-electron chi connectivity index (χ4n) is 1.95. The first-order valence-electron chi connectivity index (χ1n) is 5.50. The largest absolute Gasteiger partial charge is 0.309 e. The molecule has 18 heavy (non-hydrogen) atoms. The van der Waals surface area contributed by atoms with E-state index in [1.165, 1.54) is 18.2 Å². The van der Waals surface area contributed by atoms with Crippen LogP contribution >= 0.6 is 15.9 Å². The molecule has 2 aromatic rings. The summed E-state index contributed by atoms with van der Waals surface area (Å²) in [6.45, 7) is 0. The molecule has 0 radical (unpaired) electrons. The number of nitrogens with one attached hydrogen (secondary N) is 1. The Bertz CT molecular complexity index is 537. The topological polar surface area (TPSA) is 12.0 Å². The van der Waals surface area contributed by atoms with Crippen molar-refractivity contribution in [3.8, 4) is 0 Å². The summed E-state index contributed by atoms with van der Waals surface area (Å²) in [5.41, 5.74) is 0.842. The highest BCUT2D eigenvalue weighted by atomic mass is 79.9. The summed E-state index contributed by atoms with van der Waals surface area (Å²) in [7, 11) is 1.68. The molecule has 94 valence electrons. The van der Waals surface area contributed by atoms with Gasteiger partial charge in [-0.3, -0.25) is 0 Å². The average Bonchev–Trinajstić information content (AvgIpc) is 2.34. The van der Waals surface area contributed by atoms with Gasteiger partial charge in [-0.05, 0) is 36.9 Å². The van der Waals surface area contributed by atoms with E-state index >= 15 is 0 Å². The van der Waals surface area contributed by atoms with Gasteiger partial charge in [0.2, 0.25) is 0 Å². The van der Waals surface area contributed by atoms with Crippen molar-refractivity contribution in [2.75, 3.05) is 7.05 Å². The van der Waals surface area contributed by atoms with Gasteiger partial charge in [-0.1, -0.05) is 34.1 Å². The Morgan fingerprint density at radius 1 is 1.06 bits per heavy atom. The second-order valence-corrected chi connectivity index (χ2v) is 4.83. The number of benzene rings is 2. The Morgan fingerprint density at radius 2 is 1.67 bits per heavy atom. The van der Waals surface area contributed by atoms with E-state index in [0.717, 1.165) is 10.0 Å². The van der Waals surface area contributed by atoms with Gasteiger partial charge < -0.3 is 5.32 Å². The maximum absolute atomic E-state index is 13.8. The quantitative estimate of drug-likeness (QED) is 0.902. The summed E-state index contributed by atoms with van der Waals surface area (Å²) in [5.74, 6) is -1.09. The molecular formula is C14H12BrF2N. The molecule has 1 N–H and O–H groups in total. The zero-order valence-electron chi connectivity index (χ0n) is 9.75. The molecular weight excluding hydrogens is 300 g/mol. The van der Waals surface area contributed by atoms with Crippen molar-refractivity contribution in [2.24, 2.45) is 0 Å². The lowest BCUT2D eigenvalue weighted by molar-refractivity contribution is 0.522. The molecule has 0 saturated carbocycles. The molecule has 0 aliphatic carbocycles. The van der Waals surface area contributed by atoms with Crippen molar-refractivity contribution in [1.82, 2.24) is 5.32 Å². The minimum absolute atomic E-state index is 0.0399. The highest BCUT2D eigenvalue weighted by Gasteiger charge is 2.20. The van der Waals surface area contributed by atoms with Crippen LogP contribution in [0, 0.1) is 11.6 Å². The first kappa shape index (κ1) is 13.2. The molecule has 1 unspecified atom stereocenters. The molecule has 0 fully saturated rings. The van der Waals surface area contributed by atoms with Crippen LogP contribution in [0.25, 0.3) is 0 Å². The normalized spacial score (nSPS) is 12.4. The number of hydrogen-bond acceptors (Lipinski definition) is 1. The van der Waals surface area contributed by atoms with E-state index in [2.05, 4.69) is 21.2 Å². The predicted molar refractivity (Wildman–Crippen MR) is 71.4 cm³/mol. The molecule has 1 atom stereocenters. The minimum atomic E-state index is -0.547. The second-order valence-electron chi connectivity index (χ2n) is 3.91. The van der Waals surface area contributed by atoms with Crippen molar-refractivity contribution in [3.63, 3.8) is 0 Å². The summed E-state index contributed by atoms with van der Waals surface area (Å²) in [5, 5.41) is 2.94. The Morgan fingerprint density at radius 3 is 2.22 bits per heavy atom. The van der Waals surface area contributed by atoms with E-state index in [-0.39, 0.29) is 5.56 Å². The van der Waals surface area contributed by atoms with Gasteiger partial charge >= 0.3 is 0 Å². The van der Waals surface area contributed by atoms with Crippen molar-refractivity contribution in [3.05, 3.63) is 69.7 Å². The van der Waals surface area contributed by atoms with E-state index in [4.69, 9.17) is 0 Å². The summed E-state index contributed by atoms with van der Waals surface area (Å²) in [6, 6.07) is 10.8. The van der Waals surface area contributed by atoms with Crippen LogP contribution in [-0.2, 0) is 0 Å². The Hall–Kier alpha value is -1.26. The lowest BCUT2D eigenvalue weighted by atomic mass is 9.98. The molecule has 2 rings (SSSR count). The van der Waals surface area contributed by atoms with Gasteiger partial charge in [0.1, 0.15) is 11.6 Å². The van der Waals surface area contributed by atoms with Crippen LogP contribution in [0.2, 0.25) is 0 Å². The lowest BCUT2D eigenvalue weighted by Gasteiger charge is -2.18. The third-order valence-electron chi connectivity index (χ3n) is 2.76. The fraction of sp³-hybridized carbons (Fsp3) is 0.143. The molecule has 0 bridgehead atoms. The maximum Gasteiger partial charge on any atom is 0.131 e. The van der Waals surface area contributed by atoms with Crippen LogP contribution in [0.3, 0.4) is 0 Å². The van der Waals surface area contributed by atoms with E-state index in [1.807, 2.05) is 24.3 Å². The van der Waals surface area contributed by atoms with Gasteiger partial charge in [0.05, 0.1) is 6.04 Å². The molecule has 0 aliphatic heterocycles. The van der Waals surface area contributed by atoms with E-state index in [1.54, 1.807) is 7.05 Å². The minimum Gasteiger partial charge on any atom is -0.309 e. The third-order valence-corrected chi connectivity index (χ3v) is 3.25. The van der Waals surface area contributed by atoms with E-state index in [0.29, 0.717) is 0 Å². The Kier molecular flexibility index (Phi) is 4.09. The lowest BCUT2D eigenvalue weighted by Crippen LogP contribution is -2.20. The molecule has 0 spiro atoms. The van der Waals surface area contributed by atoms with Crippen LogP contribution in [-0.4, -0.2) is 7.05 Å². The molecule has 0 amide bonds. The molecule has 0 saturated heterocycles. The number of hydrogen-bond donors (Lipinski definition) is 1. The summed E-state index contributed by atoms with van der Waals surface area (Å²) in [4.78, 5) is 0. The molecule has 4 heteroatoms. The molecule has 0 aromatic heterocycles. The molecule has 0 heterocycles. The van der Waals surface area contributed by atoms with Crippen LogP contribution in [0.4, 0.5) is 8.78 Å². The van der Waals surface area contributed by atoms with Crippen LogP contribution in [0.5, 0.6) is 0 Å². The van der Waals surface area contributed by atoms with E-state index < -0.39 is 17.7 Å². The van der Waals surface area contributed by atoms with Gasteiger partial charge in [0.25, 0.3) is 0 Å². The van der Waals surface area contributed by atoms with Crippen LogP contribution in [0.1, 0.15) is 17.2 Å².